The molecule has 2 aromatic heterocycles. The van der Waals surface area contributed by atoms with E-state index in [1.54, 1.807) is 10.8 Å². The Hall–Kier alpha value is -1.21. The molecule has 2 rings (SSSR count). The maximum absolute atomic E-state index is 12.2. The van der Waals surface area contributed by atoms with Crippen molar-refractivity contribution in [2.75, 3.05) is 12.3 Å². The van der Waals surface area contributed by atoms with Gasteiger partial charge >= 0.3 is 5.51 Å². The van der Waals surface area contributed by atoms with Crippen molar-refractivity contribution in [2.45, 2.75) is 31.9 Å². The number of nitrogens with one attached hydrogen (secondary N) is 1. The molecule has 0 saturated carbocycles. The SMILES string of the molecule is CCCNCc1cn(CCSC(F)(F)F)c2ncccc12. The van der Waals surface area contributed by atoms with Gasteiger partial charge in [0.15, 0.2) is 0 Å². The third kappa shape index (κ3) is 4.64. The van der Waals surface area contributed by atoms with Gasteiger partial charge in [-0.05, 0) is 42.4 Å². The predicted octanol–water partition coefficient (Wildman–Crippen LogP) is 3.79. The molecular formula is C14H18F3N3S. The molecule has 0 atom stereocenters. The van der Waals surface area contributed by atoms with E-state index in [4.69, 9.17) is 0 Å². The molecule has 0 aromatic carbocycles. The molecule has 0 radical (unpaired) electrons. The second-order valence-electron chi connectivity index (χ2n) is 4.69. The van der Waals surface area contributed by atoms with Crippen molar-refractivity contribution in [3.8, 4) is 0 Å². The monoisotopic (exact) mass is 317 g/mol. The summed E-state index contributed by atoms with van der Waals surface area (Å²) in [5.74, 6) is -0.00825. The number of hydrogen-bond donors (Lipinski definition) is 1. The Morgan fingerprint density at radius 3 is 2.90 bits per heavy atom. The van der Waals surface area contributed by atoms with Crippen molar-refractivity contribution in [2.24, 2.45) is 0 Å². The molecule has 0 fully saturated rings. The van der Waals surface area contributed by atoms with E-state index in [0.717, 1.165) is 29.6 Å². The summed E-state index contributed by atoms with van der Waals surface area (Å²) >= 11 is 0.00347. The van der Waals surface area contributed by atoms with Gasteiger partial charge < -0.3 is 9.88 Å². The minimum Gasteiger partial charge on any atom is -0.331 e. The zero-order valence-electron chi connectivity index (χ0n) is 11.8. The average Bonchev–Trinajstić information content (AvgIpc) is 2.77. The lowest BCUT2D eigenvalue weighted by Crippen LogP contribution is -2.13. The summed E-state index contributed by atoms with van der Waals surface area (Å²) in [7, 11) is 0. The highest BCUT2D eigenvalue weighted by Gasteiger charge is 2.27. The number of aromatic nitrogens is 2. The Balaban J connectivity index is 2.11. The van der Waals surface area contributed by atoms with E-state index in [9.17, 15) is 13.2 Å². The van der Waals surface area contributed by atoms with Crippen LogP contribution in [0.15, 0.2) is 24.5 Å². The first-order valence-corrected chi connectivity index (χ1v) is 7.84. The minimum atomic E-state index is -4.18. The number of rotatable bonds is 7. The molecule has 0 saturated heterocycles. The molecule has 0 bridgehead atoms. The van der Waals surface area contributed by atoms with Gasteiger partial charge in [0.2, 0.25) is 0 Å². The molecule has 2 heterocycles. The summed E-state index contributed by atoms with van der Waals surface area (Å²) < 4.78 is 38.4. The normalized spacial score (nSPS) is 12.2. The maximum Gasteiger partial charge on any atom is 0.441 e. The summed E-state index contributed by atoms with van der Waals surface area (Å²) in [5, 5.41) is 4.31. The topological polar surface area (TPSA) is 29.9 Å². The highest BCUT2D eigenvalue weighted by Crippen LogP contribution is 2.30. The molecule has 3 nitrogen and oxygen atoms in total. The molecule has 21 heavy (non-hydrogen) atoms. The fourth-order valence-corrected chi connectivity index (χ4v) is 2.69. The van der Waals surface area contributed by atoms with Crippen LogP contribution in [0.2, 0.25) is 0 Å². The second-order valence-corrected chi connectivity index (χ2v) is 5.85. The molecule has 0 amide bonds. The van der Waals surface area contributed by atoms with E-state index in [1.807, 2.05) is 18.3 Å². The van der Waals surface area contributed by atoms with Crippen LogP contribution in [-0.4, -0.2) is 27.4 Å². The highest BCUT2D eigenvalue weighted by atomic mass is 32.2. The lowest BCUT2D eigenvalue weighted by atomic mass is 10.2. The van der Waals surface area contributed by atoms with Crippen molar-refractivity contribution in [3.05, 3.63) is 30.1 Å². The standard InChI is InChI=1S/C14H18F3N3S/c1-2-5-18-9-11-10-20(7-8-21-14(15,16)17)13-12(11)4-3-6-19-13/h3-4,6,10,18H,2,5,7-9H2,1H3. The van der Waals surface area contributed by atoms with Gasteiger partial charge in [-0.3, -0.25) is 0 Å². The lowest BCUT2D eigenvalue weighted by molar-refractivity contribution is -0.0328. The van der Waals surface area contributed by atoms with Crippen LogP contribution < -0.4 is 5.32 Å². The Morgan fingerprint density at radius 2 is 2.19 bits per heavy atom. The Bertz CT molecular complexity index is 580. The van der Waals surface area contributed by atoms with Gasteiger partial charge in [0.1, 0.15) is 5.65 Å². The lowest BCUT2D eigenvalue weighted by Gasteiger charge is -2.06. The van der Waals surface area contributed by atoms with Crippen LogP contribution in [0.1, 0.15) is 18.9 Å². The third-order valence-electron chi connectivity index (χ3n) is 3.06. The van der Waals surface area contributed by atoms with Crippen molar-refractivity contribution < 1.29 is 13.2 Å². The molecule has 0 aliphatic carbocycles. The molecule has 116 valence electrons. The zero-order valence-corrected chi connectivity index (χ0v) is 12.6. The second kappa shape index (κ2) is 7.17. The first-order chi connectivity index (χ1) is 10.0. The van der Waals surface area contributed by atoms with Crippen molar-refractivity contribution in [3.63, 3.8) is 0 Å². The Kier molecular flexibility index (Phi) is 5.52. The van der Waals surface area contributed by atoms with Crippen molar-refractivity contribution in [1.82, 2.24) is 14.9 Å². The van der Waals surface area contributed by atoms with Gasteiger partial charge in [0.05, 0.1) is 0 Å². The van der Waals surface area contributed by atoms with E-state index in [0.29, 0.717) is 13.1 Å². The number of alkyl halides is 3. The number of fused-ring (bicyclic) bond motifs is 1. The van der Waals surface area contributed by atoms with Gasteiger partial charge in [-0.1, -0.05) is 6.92 Å². The van der Waals surface area contributed by atoms with E-state index in [-0.39, 0.29) is 17.5 Å². The van der Waals surface area contributed by atoms with Crippen molar-refractivity contribution >= 4 is 22.8 Å². The predicted molar refractivity (Wildman–Crippen MR) is 80.2 cm³/mol. The fourth-order valence-electron chi connectivity index (χ4n) is 2.17. The summed E-state index contributed by atoms with van der Waals surface area (Å²) in [6, 6.07) is 3.80. The van der Waals surface area contributed by atoms with Gasteiger partial charge in [0.25, 0.3) is 0 Å². The average molecular weight is 317 g/mol. The first kappa shape index (κ1) is 16.2. The summed E-state index contributed by atoms with van der Waals surface area (Å²) in [6.07, 6.45) is 4.61. The van der Waals surface area contributed by atoms with Crippen LogP contribution in [0.4, 0.5) is 13.2 Å². The zero-order chi connectivity index (χ0) is 15.3. The van der Waals surface area contributed by atoms with Gasteiger partial charge in [-0.2, -0.15) is 13.2 Å². The Labute approximate surface area is 125 Å². The highest BCUT2D eigenvalue weighted by molar-refractivity contribution is 8.00. The minimum absolute atomic E-state index is 0.00347. The fraction of sp³-hybridized carbons (Fsp3) is 0.500. The molecule has 0 unspecified atom stereocenters. The van der Waals surface area contributed by atoms with Crippen LogP contribution in [0, 0.1) is 0 Å². The summed E-state index contributed by atoms with van der Waals surface area (Å²) in [6.45, 7) is 4.00. The quantitative estimate of drug-likeness (QED) is 0.788. The van der Waals surface area contributed by atoms with Crippen molar-refractivity contribution in [1.29, 1.82) is 0 Å². The number of halogens is 3. The van der Waals surface area contributed by atoms with E-state index >= 15 is 0 Å². The number of pyridine rings is 1. The van der Waals surface area contributed by atoms with E-state index in [1.165, 1.54) is 0 Å². The Morgan fingerprint density at radius 1 is 1.38 bits per heavy atom. The van der Waals surface area contributed by atoms with E-state index in [2.05, 4.69) is 17.2 Å². The molecule has 0 aliphatic rings. The summed E-state index contributed by atoms with van der Waals surface area (Å²) in [4.78, 5) is 4.29. The van der Waals surface area contributed by atoms with Crippen LogP contribution in [0.5, 0.6) is 0 Å². The molecule has 7 heteroatoms. The van der Waals surface area contributed by atoms with Gasteiger partial charge in [0, 0.05) is 36.6 Å². The van der Waals surface area contributed by atoms with E-state index < -0.39 is 5.51 Å². The first-order valence-electron chi connectivity index (χ1n) is 6.85. The molecule has 2 aromatic rings. The van der Waals surface area contributed by atoms with Crippen LogP contribution >= 0.6 is 11.8 Å². The number of hydrogen-bond acceptors (Lipinski definition) is 3. The smallest absolute Gasteiger partial charge is 0.331 e. The largest absolute Gasteiger partial charge is 0.441 e. The molecule has 0 aliphatic heterocycles. The molecule has 0 spiro atoms. The van der Waals surface area contributed by atoms with Crippen LogP contribution in [0.3, 0.4) is 0 Å². The number of thioether (sulfide) groups is 1. The third-order valence-corrected chi connectivity index (χ3v) is 3.77. The van der Waals surface area contributed by atoms with Gasteiger partial charge in [-0.15, -0.1) is 0 Å². The van der Waals surface area contributed by atoms with Crippen LogP contribution in [-0.2, 0) is 13.1 Å². The molecular weight excluding hydrogens is 299 g/mol. The van der Waals surface area contributed by atoms with Crippen LogP contribution in [0.25, 0.3) is 11.0 Å². The molecule has 1 N–H and O–H groups in total. The maximum atomic E-state index is 12.2. The summed E-state index contributed by atoms with van der Waals surface area (Å²) in [5.41, 5.74) is -2.36. The number of nitrogens with zero attached hydrogens (tertiary/aromatic N) is 2. The number of aryl methyl sites for hydroxylation is 1. The van der Waals surface area contributed by atoms with Gasteiger partial charge in [-0.25, -0.2) is 4.98 Å².